The first-order valence-corrected chi connectivity index (χ1v) is 7.91. The first-order valence-electron chi connectivity index (χ1n) is 7.91. The lowest BCUT2D eigenvalue weighted by atomic mass is 9.84. The molecule has 0 unspecified atom stereocenters. The Kier molecular flexibility index (Phi) is 5.97. The molecule has 0 atom stereocenters. The summed E-state index contributed by atoms with van der Waals surface area (Å²) >= 11 is 0. The molecule has 1 saturated heterocycles. The molecule has 3 N–H and O–H groups in total. The first kappa shape index (κ1) is 17.3. The summed E-state index contributed by atoms with van der Waals surface area (Å²) in [5, 5.41) is 24.2. The van der Waals surface area contributed by atoms with E-state index in [1.165, 1.54) is 0 Å². The van der Waals surface area contributed by atoms with Gasteiger partial charge in [-0.3, -0.25) is 4.79 Å². The summed E-state index contributed by atoms with van der Waals surface area (Å²) in [5.74, 6) is -0.0765. The van der Waals surface area contributed by atoms with Crippen molar-refractivity contribution in [1.82, 2.24) is 10.2 Å². The van der Waals surface area contributed by atoms with E-state index in [4.69, 9.17) is 5.26 Å². The molecule has 0 aromatic heterocycles. The number of nitriles is 1. The van der Waals surface area contributed by atoms with E-state index >= 15 is 0 Å². The van der Waals surface area contributed by atoms with Crippen LogP contribution in [-0.4, -0.2) is 54.7 Å². The molecule has 1 aromatic carbocycles. The number of likely N-dealkylation sites (tertiary alicyclic amines) is 1. The molecule has 0 bridgehead atoms. The van der Waals surface area contributed by atoms with Gasteiger partial charge in [0, 0.05) is 30.9 Å². The van der Waals surface area contributed by atoms with Gasteiger partial charge in [-0.15, -0.1) is 0 Å². The van der Waals surface area contributed by atoms with Crippen molar-refractivity contribution in [3.05, 3.63) is 29.8 Å². The van der Waals surface area contributed by atoms with Gasteiger partial charge in [0.25, 0.3) is 0 Å². The fourth-order valence-corrected chi connectivity index (χ4v) is 2.88. The lowest BCUT2D eigenvalue weighted by Crippen LogP contribution is -2.56. The van der Waals surface area contributed by atoms with E-state index in [1.54, 1.807) is 24.3 Å². The van der Waals surface area contributed by atoms with E-state index < -0.39 is 0 Å². The molecule has 1 aromatic rings. The van der Waals surface area contributed by atoms with Crippen LogP contribution in [-0.2, 0) is 4.79 Å². The van der Waals surface area contributed by atoms with Gasteiger partial charge in [-0.25, -0.2) is 0 Å². The molecule has 1 aliphatic heterocycles. The maximum atomic E-state index is 12.2. The van der Waals surface area contributed by atoms with Crippen LogP contribution in [0.4, 0.5) is 5.69 Å². The number of anilines is 1. The highest BCUT2D eigenvalue weighted by atomic mass is 16.3. The largest absolute Gasteiger partial charge is 0.396 e. The quantitative estimate of drug-likeness (QED) is 0.727. The molecule has 124 valence electrons. The minimum Gasteiger partial charge on any atom is -0.396 e. The smallest absolute Gasteiger partial charge is 0.239 e. The van der Waals surface area contributed by atoms with E-state index in [1.807, 2.05) is 0 Å². The third-order valence-electron chi connectivity index (χ3n) is 4.41. The average molecular weight is 316 g/mol. The predicted molar refractivity (Wildman–Crippen MR) is 89.0 cm³/mol. The first-order chi connectivity index (χ1) is 11.1. The molecule has 0 spiro atoms. The van der Waals surface area contributed by atoms with Crippen molar-refractivity contribution in [2.75, 3.05) is 38.6 Å². The second kappa shape index (κ2) is 7.95. The van der Waals surface area contributed by atoms with Gasteiger partial charge in [0.15, 0.2) is 0 Å². The number of carbonyl (C=O) groups excluding carboxylic acids is 1. The Balaban J connectivity index is 1.87. The molecule has 1 heterocycles. The average Bonchev–Trinajstić information content (AvgIpc) is 2.56. The van der Waals surface area contributed by atoms with Gasteiger partial charge in [-0.1, -0.05) is 0 Å². The van der Waals surface area contributed by atoms with E-state index in [2.05, 4.69) is 28.7 Å². The molecule has 6 nitrogen and oxygen atoms in total. The number of benzene rings is 1. The van der Waals surface area contributed by atoms with Gasteiger partial charge in [0.05, 0.1) is 18.2 Å². The van der Waals surface area contributed by atoms with Crippen LogP contribution in [0, 0.1) is 11.3 Å². The van der Waals surface area contributed by atoms with Crippen LogP contribution in [0.3, 0.4) is 0 Å². The summed E-state index contributed by atoms with van der Waals surface area (Å²) < 4.78 is 0. The van der Waals surface area contributed by atoms with E-state index in [0.717, 1.165) is 31.6 Å². The number of nitrogens with one attached hydrogen (secondary N) is 2. The molecule has 0 saturated carbocycles. The monoisotopic (exact) mass is 316 g/mol. The van der Waals surface area contributed by atoms with Crippen LogP contribution in [0.1, 0.15) is 24.8 Å². The lowest BCUT2D eigenvalue weighted by molar-refractivity contribution is -0.122. The highest BCUT2D eigenvalue weighted by Gasteiger charge is 2.34. The van der Waals surface area contributed by atoms with Gasteiger partial charge >= 0.3 is 0 Å². The molecule has 0 aliphatic carbocycles. The SMILES string of the molecule is CN1CCC(CCO)(NC(=O)CNc2ccc(C#N)cc2)CC1. The molecule has 1 aliphatic rings. The second-order valence-electron chi connectivity index (χ2n) is 6.15. The van der Waals surface area contributed by atoms with Crippen LogP contribution in [0.15, 0.2) is 24.3 Å². The van der Waals surface area contributed by atoms with E-state index in [-0.39, 0.29) is 24.6 Å². The fraction of sp³-hybridized carbons (Fsp3) is 0.529. The Hall–Kier alpha value is -2.10. The second-order valence-corrected chi connectivity index (χ2v) is 6.15. The minimum atomic E-state index is -0.301. The van der Waals surface area contributed by atoms with Gasteiger partial charge in [-0.05, 0) is 50.6 Å². The summed E-state index contributed by atoms with van der Waals surface area (Å²) in [7, 11) is 2.07. The normalized spacial score (nSPS) is 17.3. The van der Waals surface area contributed by atoms with Crippen molar-refractivity contribution in [2.24, 2.45) is 0 Å². The Morgan fingerprint density at radius 3 is 2.57 bits per heavy atom. The van der Waals surface area contributed by atoms with Crippen molar-refractivity contribution in [2.45, 2.75) is 24.8 Å². The number of rotatable bonds is 6. The van der Waals surface area contributed by atoms with E-state index in [0.29, 0.717) is 12.0 Å². The zero-order valence-electron chi connectivity index (χ0n) is 13.5. The number of carbonyl (C=O) groups is 1. The third kappa shape index (κ3) is 4.95. The van der Waals surface area contributed by atoms with Gasteiger partial charge in [0.1, 0.15) is 0 Å². The molecular formula is C17H24N4O2. The van der Waals surface area contributed by atoms with Crippen molar-refractivity contribution < 1.29 is 9.90 Å². The van der Waals surface area contributed by atoms with Crippen LogP contribution in [0.5, 0.6) is 0 Å². The van der Waals surface area contributed by atoms with Crippen molar-refractivity contribution in [3.63, 3.8) is 0 Å². The summed E-state index contributed by atoms with van der Waals surface area (Å²) in [5.41, 5.74) is 1.09. The molecular weight excluding hydrogens is 292 g/mol. The fourth-order valence-electron chi connectivity index (χ4n) is 2.88. The zero-order chi connectivity index (χ0) is 16.7. The minimum absolute atomic E-state index is 0.0764. The number of hydrogen-bond donors (Lipinski definition) is 3. The van der Waals surface area contributed by atoms with Crippen molar-refractivity contribution in [3.8, 4) is 6.07 Å². The molecule has 6 heteroatoms. The van der Waals surface area contributed by atoms with Crippen molar-refractivity contribution in [1.29, 1.82) is 5.26 Å². The Labute approximate surface area is 137 Å². The Morgan fingerprint density at radius 1 is 1.35 bits per heavy atom. The zero-order valence-corrected chi connectivity index (χ0v) is 13.5. The molecule has 1 amide bonds. The number of nitrogens with zero attached hydrogens (tertiary/aromatic N) is 2. The number of piperidine rings is 1. The summed E-state index contributed by atoms with van der Waals surface area (Å²) in [4.78, 5) is 14.5. The Bertz CT molecular complexity index is 557. The van der Waals surface area contributed by atoms with Crippen LogP contribution < -0.4 is 10.6 Å². The number of aliphatic hydroxyl groups excluding tert-OH is 1. The van der Waals surface area contributed by atoms with Crippen LogP contribution >= 0.6 is 0 Å². The predicted octanol–water partition coefficient (Wildman–Crippen LogP) is 0.933. The molecule has 0 radical (unpaired) electrons. The lowest BCUT2D eigenvalue weighted by Gasteiger charge is -2.41. The number of amides is 1. The maximum Gasteiger partial charge on any atom is 0.239 e. The Morgan fingerprint density at radius 2 is 2.00 bits per heavy atom. The van der Waals surface area contributed by atoms with Gasteiger partial charge < -0.3 is 20.6 Å². The van der Waals surface area contributed by atoms with E-state index in [9.17, 15) is 9.90 Å². The molecule has 1 fully saturated rings. The van der Waals surface area contributed by atoms with Crippen LogP contribution in [0.25, 0.3) is 0 Å². The van der Waals surface area contributed by atoms with Crippen molar-refractivity contribution >= 4 is 11.6 Å². The molecule has 2 rings (SSSR count). The highest BCUT2D eigenvalue weighted by Crippen LogP contribution is 2.25. The summed E-state index contributed by atoms with van der Waals surface area (Å²) in [6.45, 7) is 2.09. The van der Waals surface area contributed by atoms with Gasteiger partial charge in [0.2, 0.25) is 5.91 Å². The van der Waals surface area contributed by atoms with Gasteiger partial charge in [-0.2, -0.15) is 5.26 Å². The topological polar surface area (TPSA) is 88.4 Å². The maximum absolute atomic E-state index is 12.2. The molecule has 23 heavy (non-hydrogen) atoms. The summed E-state index contributed by atoms with van der Waals surface area (Å²) in [6.07, 6.45) is 2.29. The highest BCUT2D eigenvalue weighted by molar-refractivity contribution is 5.81. The standard InChI is InChI=1S/C17H24N4O2/c1-21-9-6-17(7-10-21,8-11-22)20-16(23)13-19-15-4-2-14(12-18)3-5-15/h2-5,19,22H,6-11,13H2,1H3,(H,20,23). The number of hydrogen-bond acceptors (Lipinski definition) is 5. The summed E-state index contributed by atoms with van der Waals surface area (Å²) in [6, 6.07) is 9.05. The third-order valence-corrected chi connectivity index (χ3v) is 4.41. The number of aliphatic hydroxyl groups is 1. The van der Waals surface area contributed by atoms with Crippen LogP contribution in [0.2, 0.25) is 0 Å².